The van der Waals surface area contributed by atoms with Gasteiger partial charge in [0.05, 0.1) is 11.9 Å². The maximum absolute atomic E-state index is 12.5. The van der Waals surface area contributed by atoms with Gasteiger partial charge in [0.15, 0.2) is 0 Å². The molecule has 0 aromatic carbocycles. The fourth-order valence-corrected chi connectivity index (χ4v) is 3.07. The number of nitrogens with one attached hydrogen (secondary N) is 1. The van der Waals surface area contributed by atoms with E-state index in [2.05, 4.69) is 32.1 Å². The van der Waals surface area contributed by atoms with Crippen molar-refractivity contribution in [3.05, 3.63) is 54.1 Å². The molecule has 4 rings (SSSR count). The number of pyridine rings is 2. The van der Waals surface area contributed by atoms with Gasteiger partial charge in [-0.25, -0.2) is 9.97 Å². The van der Waals surface area contributed by atoms with Crippen LogP contribution in [0.2, 0.25) is 0 Å². The molecule has 1 amide bonds. The number of aryl methyl sites for hydroxylation is 1. The molecule has 0 bridgehead atoms. The number of anilines is 2. The summed E-state index contributed by atoms with van der Waals surface area (Å²) < 4.78 is 1.84. The van der Waals surface area contributed by atoms with Crippen LogP contribution in [0.4, 0.5) is 11.5 Å². The Morgan fingerprint density at radius 2 is 1.96 bits per heavy atom. The third-order valence-electron chi connectivity index (χ3n) is 4.68. The maximum Gasteiger partial charge on any atom is 0.275 e. The number of carbonyl (C=O) groups excluding carboxylic acids is 1. The van der Waals surface area contributed by atoms with Gasteiger partial charge in [-0.15, -0.1) is 0 Å². The molecule has 7 nitrogen and oxygen atoms in total. The molecule has 1 aliphatic rings. The molecule has 0 aliphatic carbocycles. The second kappa shape index (κ2) is 6.76. The van der Waals surface area contributed by atoms with Crippen molar-refractivity contribution in [1.82, 2.24) is 19.3 Å². The molecule has 0 spiro atoms. The number of nitrogens with zero attached hydrogens (tertiary/aromatic N) is 5. The highest BCUT2D eigenvalue weighted by Gasteiger charge is 2.16. The predicted molar refractivity (Wildman–Crippen MR) is 102 cm³/mol. The Balaban J connectivity index is 1.45. The van der Waals surface area contributed by atoms with Crippen LogP contribution in [0.25, 0.3) is 5.65 Å². The zero-order valence-corrected chi connectivity index (χ0v) is 15.0. The summed E-state index contributed by atoms with van der Waals surface area (Å²) in [5.41, 5.74) is 2.93. The summed E-state index contributed by atoms with van der Waals surface area (Å²) in [5, 5.41) is 2.87. The van der Waals surface area contributed by atoms with Gasteiger partial charge in [-0.05, 0) is 43.8 Å². The highest BCUT2D eigenvalue weighted by molar-refractivity contribution is 6.03. The minimum atomic E-state index is -0.236. The first-order valence-corrected chi connectivity index (χ1v) is 8.75. The summed E-state index contributed by atoms with van der Waals surface area (Å²) in [6.45, 7) is 6.01. The van der Waals surface area contributed by atoms with Crippen LogP contribution in [0.1, 0.15) is 16.1 Å². The van der Waals surface area contributed by atoms with Crippen LogP contribution < -0.4 is 10.2 Å². The zero-order chi connectivity index (χ0) is 18.1. The number of fused-ring (bicyclic) bond motifs is 1. The van der Waals surface area contributed by atoms with Gasteiger partial charge in [-0.1, -0.05) is 0 Å². The van der Waals surface area contributed by atoms with Gasteiger partial charge in [0.1, 0.15) is 17.2 Å². The first-order chi connectivity index (χ1) is 12.6. The number of aromatic nitrogens is 3. The van der Waals surface area contributed by atoms with Crippen LogP contribution >= 0.6 is 0 Å². The quantitative estimate of drug-likeness (QED) is 0.783. The minimum absolute atomic E-state index is 0.236. The molecule has 0 atom stereocenters. The Kier molecular flexibility index (Phi) is 4.30. The van der Waals surface area contributed by atoms with Crippen LogP contribution in [0, 0.1) is 6.92 Å². The zero-order valence-electron chi connectivity index (χ0n) is 15.0. The lowest BCUT2D eigenvalue weighted by molar-refractivity contribution is 0.102. The second-order valence-corrected chi connectivity index (χ2v) is 6.75. The normalized spacial score (nSPS) is 15.4. The van der Waals surface area contributed by atoms with E-state index >= 15 is 0 Å². The molecule has 3 aromatic rings. The van der Waals surface area contributed by atoms with Crippen molar-refractivity contribution < 1.29 is 4.79 Å². The van der Waals surface area contributed by atoms with E-state index in [1.54, 1.807) is 12.4 Å². The van der Waals surface area contributed by atoms with E-state index in [1.807, 2.05) is 41.8 Å². The van der Waals surface area contributed by atoms with Crippen molar-refractivity contribution in [1.29, 1.82) is 0 Å². The van der Waals surface area contributed by atoms with Crippen molar-refractivity contribution in [3.63, 3.8) is 0 Å². The van der Waals surface area contributed by atoms with E-state index in [1.165, 1.54) is 0 Å². The molecule has 3 aromatic heterocycles. The molecule has 1 aliphatic heterocycles. The molecule has 1 fully saturated rings. The Morgan fingerprint density at radius 1 is 1.15 bits per heavy atom. The molecule has 7 heteroatoms. The predicted octanol–water partition coefficient (Wildman–Crippen LogP) is 2.04. The van der Waals surface area contributed by atoms with E-state index in [0.29, 0.717) is 11.4 Å². The third-order valence-corrected chi connectivity index (χ3v) is 4.68. The summed E-state index contributed by atoms with van der Waals surface area (Å²) in [4.78, 5) is 25.9. The number of carbonyl (C=O) groups is 1. The summed E-state index contributed by atoms with van der Waals surface area (Å²) in [6, 6.07) is 7.77. The smallest absolute Gasteiger partial charge is 0.275 e. The number of imidazole rings is 1. The first kappa shape index (κ1) is 16.5. The highest BCUT2D eigenvalue weighted by atomic mass is 16.1. The largest absolute Gasteiger partial charge is 0.354 e. The van der Waals surface area contributed by atoms with Crippen molar-refractivity contribution >= 4 is 23.1 Å². The van der Waals surface area contributed by atoms with Crippen molar-refractivity contribution in [2.24, 2.45) is 0 Å². The standard InChI is InChI=1S/C19H22N6O/c1-14-5-6-25-13-16(22-18(25)11-14)19(26)21-15-3-4-17(20-12-15)24-9-7-23(2)8-10-24/h3-6,11-13H,7-10H2,1-2H3,(H,21,26). The summed E-state index contributed by atoms with van der Waals surface area (Å²) in [6.07, 6.45) is 5.34. The summed E-state index contributed by atoms with van der Waals surface area (Å²) in [5.74, 6) is 0.708. The number of hydrogen-bond acceptors (Lipinski definition) is 5. The SMILES string of the molecule is Cc1ccn2cc(C(=O)Nc3ccc(N4CCN(C)CC4)nc3)nc2c1. The van der Waals surface area contributed by atoms with Crippen molar-refractivity contribution in [2.75, 3.05) is 43.4 Å². The monoisotopic (exact) mass is 350 g/mol. The number of rotatable bonds is 3. The lowest BCUT2D eigenvalue weighted by Crippen LogP contribution is -2.44. The van der Waals surface area contributed by atoms with Gasteiger partial charge < -0.3 is 19.5 Å². The average molecular weight is 350 g/mol. The molecule has 4 heterocycles. The third kappa shape index (κ3) is 3.39. The molecule has 134 valence electrons. The minimum Gasteiger partial charge on any atom is -0.354 e. The van der Waals surface area contributed by atoms with Gasteiger partial charge in [0, 0.05) is 38.6 Å². The van der Waals surface area contributed by atoms with Crippen LogP contribution in [-0.2, 0) is 0 Å². The first-order valence-electron chi connectivity index (χ1n) is 8.75. The van der Waals surface area contributed by atoms with E-state index in [4.69, 9.17) is 0 Å². The average Bonchev–Trinajstić information content (AvgIpc) is 3.06. The molecular formula is C19H22N6O. The van der Waals surface area contributed by atoms with Crippen LogP contribution in [0.5, 0.6) is 0 Å². The molecule has 26 heavy (non-hydrogen) atoms. The van der Waals surface area contributed by atoms with Crippen LogP contribution in [0.15, 0.2) is 42.9 Å². The Hall–Kier alpha value is -2.93. The highest BCUT2D eigenvalue weighted by Crippen LogP contribution is 2.17. The molecular weight excluding hydrogens is 328 g/mol. The molecule has 0 radical (unpaired) electrons. The van der Waals surface area contributed by atoms with Crippen molar-refractivity contribution in [2.45, 2.75) is 6.92 Å². The lowest BCUT2D eigenvalue weighted by atomic mass is 10.3. The summed E-state index contributed by atoms with van der Waals surface area (Å²) >= 11 is 0. The van der Waals surface area contributed by atoms with Crippen LogP contribution in [-0.4, -0.2) is 58.4 Å². The Bertz CT molecular complexity index is 925. The van der Waals surface area contributed by atoms with Gasteiger partial charge in [-0.3, -0.25) is 4.79 Å². The van der Waals surface area contributed by atoms with E-state index < -0.39 is 0 Å². The fraction of sp³-hybridized carbons (Fsp3) is 0.316. The number of piperazine rings is 1. The fourth-order valence-electron chi connectivity index (χ4n) is 3.07. The Morgan fingerprint density at radius 3 is 2.69 bits per heavy atom. The van der Waals surface area contributed by atoms with Gasteiger partial charge >= 0.3 is 0 Å². The maximum atomic E-state index is 12.5. The second-order valence-electron chi connectivity index (χ2n) is 6.75. The molecule has 0 saturated carbocycles. The topological polar surface area (TPSA) is 65.8 Å². The van der Waals surface area contributed by atoms with E-state index in [-0.39, 0.29) is 5.91 Å². The lowest BCUT2D eigenvalue weighted by Gasteiger charge is -2.33. The molecule has 0 unspecified atom stereocenters. The summed E-state index contributed by atoms with van der Waals surface area (Å²) in [7, 11) is 2.13. The van der Waals surface area contributed by atoms with Crippen LogP contribution in [0.3, 0.4) is 0 Å². The van der Waals surface area contributed by atoms with Gasteiger partial charge in [0.25, 0.3) is 5.91 Å². The van der Waals surface area contributed by atoms with Crippen molar-refractivity contribution in [3.8, 4) is 0 Å². The van der Waals surface area contributed by atoms with E-state index in [9.17, 15) is 4.79 Å². The Labute approximate surface area is 152 Å². The number of hydrogen-bond donors (Lipinski definition) is 1. The number of amides is 1. The van der Waals surface area contributed by atoms with E-state index in [0.717, 1.165) is 43.2 Å². The van der Waals surface area contributed by atoms with Gasteiger partial charge in [-0.2, -0.15) is 0 Å². The molecule has 1 saturated heterocycles. The number of likely N-dealkylation sites (N-methyl/N-ethyl adjacent to an activating group) is 1. The van der Waals surface area contributed by atoms with Gasteiger partial charge in [0.2, 0.25) is 0 Å². The molecule has 1 N–H and O–H groups in total.